The number of nitrogens with one attached hydrogen (secondary N) is 2. The standard InChI is InChI=1S/C16H30N2O3/c1-2-12-5-3-4-6-15(12)21-11-14(19)10-17-13-7-8-16(20)18-9-13/h12-15,17,19H,2-11H2,1H3,(H,18,20). The molecule has 2 rings (SSSR count). The van der Waals surface area contributed by atoms with Crippen molar-refractivity contribution < 1.29 is 14.6 Å². The summed E-state index contributed by atoms with van der Waals surface area (Å²) in [6.07, 6.45) is 7.40. The zero-order chi connectivity index (χ0) is 15.1. The first kappa shape index (κ1) is 16.7. The summed E-state index contributed by atoms with van der Waals surface area (Å²) < 4.78 is 5.95. The molecule has 1 saturated heterocycles. The lowest BCUT2D eigenvalue weighted by molar-refractivity contribution is -0.122. The summed E-state index contributed by atoms with van der Waals surface area (Å²) in [4.78, 5) is 11.1. The predicted octanol–water partition coefficient (Wildman–Crippen LogP) is 1.20. The van der Waals surface area contributed by atoms with Crippen molar-refractivity contribution in [2.75, 3.05) is 19.7 Å². The SMILES string of the molecule is CCC1CCCCC1OCC(O)CNC1CCC(=O)NC1. The van der Waals surface area contributed by atoms with Gasteiger partial charge in [0, 0.05) is 25.6 Å². The van der Waals surface area contributed by atoms with Crippen LogP contribution in [0.1, 0.15) is 51.9 Å². The van der Waals surface area contributed by atoms with Gasteiger partial charge in [-0.3, -0.25) is 4.79 Å². The third kappa shape index (κ3) is 5.57. The minimum absolute atomic E-state index is 0.125. The van der Waals surface area contributed by atoms with Crippen molar-refractivity contribution in [2.45, 2.75) is 70.1 Å². The fourth-order valence-corrected chi connectivity index (χ4v) is 3.36. The molecular formula is C16H30N2O3. The molecular weight excluding hydrogens is 268 g/mol. The van der Waals surface area contributed by atoms with E-state index in [0.29, 0.717) is 38.1 Å². The number of aliphatic hydroxyl groups excluding tert-OH is 1. The zero-order valence-electron chi connectivity index (χ0n) is 13.1. The molecule has 0 spiro atoms. The van der Waals surface area contributed by atoms with Crippen LogP contribution in [-0.4, -0.2) is 49.0 Å². The molecule has 1 amide bonds. The van der Waals surface area contributed by atoms with Crippen LogP contribution in [0, 0.1) is 5.92 Å². The Morgan fingerprint density at radius 2 is 2.19 bits per heavy atom. The molecule has 1 aliphatic carbocycles. The average molecular weight is 298 g/mol. The third-order valence-corrected chi connectivity index (χ3v) is 4.77. The first-order valence-electron chi connectivity index (χ1n) is 8.48. The molecule has 0 aromatic carbocycles. The van der Waals surface area contributed by atoms with Gasteiger partial charge in [0.25, 0.3) is 0 Å². The molecule has 4 atom stereocenters. The molecule has 1 aliphatic heterocycles. The lowest BCUT2D eigenvalue weighted by Crippen LogP contribution is -2.48. The molecule has 5 nitrogen and oxygen atoms in total. The second-order valence-electron chi connectivity index (χ2n) is 6.43. The Labute approximate surface area is 127 Å². The lowest BCUT2D eigenvalue weighted by Gasteiger charge is -2.31. The van der Waals surface area contributed by atoms with Crippen LogP contribution in [-0.2, 0) is 9.53 Å². The highest BCUT2D eigenvalue weighted by Crippen LogP contribution is 2.29. The highest BCUT2D eigenvalue weighted by Gasteiger charge is 2.25. The van der Waals surface area contributed by atoms with Crippen LogP contribution in [0.2, 0.25) is 0 Å². The molecule has 1 saturated carbocycles. The van der Waals surface area contributed by atoms with Gasteiger partial charge in [0.2, 0.25) is 5.91 Å². The molecule has 0 bridgehead atoms. The number of rotatable bonds is 7. The van der Waals surface area contributed by atoms with Gasteiger partial charge in [-0.05, 0) is 25.2 Å². The van der Waals surface area contributed by atoms with Crippen LogP contribution in [0.25, 0.3) is 0 Å². The predicted molar refractivity (Wildman–Crippen MR) is 82.0 cm³/mol. The summed E-state index contributed by atoms with van der Waals surface area (Å²) >= 11 is 0. The van der Waals surface area contributed by atoms with Gasteiger partial charge < -0.3 is 20.5 Å². The molecule has 0 aromatic heterocycles. The van der Waals surface area contributed by atoms with Gasteiger partial charge in [-0.1, -0.05) is 26.2 Å². The Balaban J connectivity index is 1.60. The summed E-state index contributed by atoms with van der Waals surface area (Å²) in [6, 6.07) is 0.274. The van der Waals surface area contributed by atoms with E-state index < -0.39 is 6.10 Å². The van der Waals surface area contributed by atoms with Crippen LogP contribution >= 0.6 is 0 Å². The fourth-order valence-electron chi connectivity index (χ4n) is 3.36. The first-order valence-corrected chi connectivity index (χ1v) is 8.48. The van der Waals surface area contributed by atoms with Gasteiger partial charge in [-0.15, -0.1) is 0 Å². The van der Waals surface area contributed by atoms with E-state index in [-0.39, 0.29) is 11.9 Å². The summed E-state index contributed by atoms with van der Waals surface area (Å²) in [6.45, 7) is 3.83. The normalized spacial score (nSPS) is 31.7. The van der Waals surface area contributed by atoms with Crippen LogP contribution in [0.15, 0.2) is 0 Å². The first-order chi connectivity index (χ1) is 10.2. The number of amides is 1. The molecule has 3 N–H and O–H groups in total. The molecule has 0 radical (unpaired) electrons. The van der Waals surface area contributed by atoms with Crippen molar-refractivity contribution >= 4 is 5.91 Å². The van der Waals surface area contributed by atoms with E-state index >= 15 is 0 Å². The molecule has 2 aliphatic rings. The lowest BCUT2D eigenvalue weighted by atomic mass is 9.85. The van der Waals surface area contributed by atoms with Gasteiger partial charge in [-0.25, -0.2) is 0 Å². The number of hydrogen-bond donors (Lipinski definition) is 3. The van der Waals surface area contributed by atoms with Gasteiger partial charge >= 0.3 is 0 Å². The van der Waals surface area contributed by atoms with Crippen LogP contribution < -0.4 is 10.6 Å². The molecule has 0 aromatic rings. The maximum Gasteiger partial charge on any atom is 0.220 e. The van der Waals surface area contributed by atoms with Crippen molar-refractivity contribution in [3.8, 4) is 0 Å². The summed E-state index contributed by atoms with van der Waals surface area (Å²) in [5.74, 6) is 0.785. The van der Waals surface area contributed by atoms with E-state index in [1.165, 1.54) is 25.7 Å². The fraction of sp³-hybridized carbons (Fsp3) is 0.938. The van der Waals surface area contributed by atoms with Gasteiger partial charge in [-0.2, -0.15) is 0 Å². The molecule has 5 heteroatoms. The van der Waals surface area contributed by atoms with Crippen LogP contribution in [0.4, 0.5) is 0 Å². The minimum Gasteiger partial charge on any atom is -0.389 e. The van der Waals surface area contributed by atoms with Crippen molar-refractivity contribution in [1.29, 1.82) is 0 Å². The largest absolute Gasteiger partial charge is 0.389 e. The number of carbonyl (C=O) groups is 1. The van der Waals surface area contributed by atoms with Crippen LogP contribution in [0.3, 0.4) is 0 Å². The summed E-state index contributed by atoms with van der Waals surface area (Å²) in [5, 5.41) is 16.2. The van der Waals surface area contributed by atoms with E-state index in [2.05, 4.69) is 17.6 Å². The number of piperidine rings is 1. The Bertz CT molecular complexity index is 315. The highest BCUT2D eigenvalue weighted by atomic mass is 16.5. The number of ether oxygens (including phenoxy) is 1. The van der Waals surface area contributed by atoms with Crippen molar-refractivity contribution in [3.05, 3.63) is 0 Å². The van der Waals surface area contributed by atoms with Gasteiger partial charge in [0.1, 0.15) is 0 Å². The Hall–Kier alpha value is -0.650. The van der Waals surface area contributed by atoms with Gasteiger partial charge in [0.15, 0.2) is 0 Å². The zero-order valence-corrected chi connectivity index (χ0v) is 13.1. The number of aliphatic hydroxyl groups is 1. The van der Waals surface area contributed by atoms with Crippen molar-refractivity contribution in [3.63, 3.8) is 0 Å². The molecule has 1 heterocycles. The van der Waals surface area contributed by atoms with Crippen molar-refractivity contribution in [1.82, 2.24) is 10.6 Å². The Morgan fingerprint density at radius 3 is 2.90 bits per heavy atom. The molecule has 2 fully saturated rings. The highest BCUT2D eigenvalue weighted by molar-refractivity contribution is 5.76. The Morgan fingerprint density at radius 1 is 1.38 bits per heavy atom. The monoisotopic (exact) mass is 298 g/mol. The van der Waals surface area contributed by atoms with E-state index in [1.807, 2.05) is 0 Å². The van der Waals surface area contributed by atoms with Crippen LogP contribution in [0.5, 0.6) is 0 Å². The topological polar surface area (TPSA) is 70.6 Å². The summed E-state index contributed by atoms with van der Waals surface area (Å²) in [5.41, 5.74) is 0. The maximum atomic E-state index is 11.1. The molecule has 4 unspecified atom stereocenters. The number of carbonyl (C=O) groups excluding carboxylic acids is 1. The van der Waals surface area contributed by atoms with E-state index in [0.717, 1.165) is 12.8 Å². The smallest absolute Gasteiger partial charge is 0.220 e. The van der Waals surface area contributed by atoms with E-state index in [4.69, 9.17) is 4.74 Å². The molecule has 21 heavy (non-hydrogen) atoms. The summed E-state index contributed by atoms with van der Waals surface area (Å²) in [7, 11) is 0. The minimum atomic E-state index is -0.470. The number of hydrogen-bond acceptors (Lipinski definition) is 4. The third-order valence-electron chi connectivity index (χ3n) is 4.77. The van der Waals surface area contributed by atoms with E-state index in [9.17, 15) is 9.90 Å². The Kier molecular flexibility index (Phi) is 6.93. The second kappa shape index (κ2) is 8.71. The molecule has 122 valence electrons. The van der Waals surface area contributed by atoms with Crippen molar-refractivity contribution in [2.24, 2.45) is 5.92 Å². The average Bonchev–Trinajstić information content (AvgIpc) is 2.52. The second-order valence-corrected chi connectivity index (χ2v) is 6.43. The van der Waals surface area contributed by atoms with E-state index in [1.54, 1.807) is 0 Å². The van der Waals surface area contributed by atoms with Gasteiger partial charge in [0.05, 0.1) is 18.8 Å². The maximum absolute atomic E-state index is 11.1. The quantitative estimate of drug-likeness (QED) is 0.660.